The van der Waals surface area contributed by atoms with Crippen LogP contribution < -0.4 is 21.1 Å². The number of thiophene rings is 1. The van der Waals surface area contributed by atoms with Crippen LogP contribution in [0, 0.1) is 0 Å². The molecule has 0 bridgehead atoms. The highest BCUT2D eigenvalue weighted by Crippen LogP contribution is 2.22. The van der Waals surface area contributed by atoms with Gasteiger partial charge in [0, 0.05) is 23.7 Å². The quantitative estimate of drug-likeness (QED) is 0.504. The molecule has 1 unspecified atom stereocenters. The van der Waals surface area contributed by atoms with Crippen molar-refractivity contribution in [3.8, 4) is 5.88 Å². The van der Waals surface area contributed by atoms with Gasteiger partial charge >= 0.3 is 6.03 Å². The Morgan fingerprint density at radius 2 is 1.93 bits per heavy atom. The lowest BCUT2D eigenvalue weighted by atomic mass is 10.1. The molecule has 7 nitrogen and oxygen atoms in total. The van der Waals surface area contributed by atoms with E-state index in [0.29, 0.717) is 19.0 Å². The molecular weight excluding hydrogens is 388 g/mol. The van der Waals surface area contributed by atoms with Crippen LogP contribution in [0.25, 0.3) is 0 Å². The van der Waals surface area contributed by atoms with Crippen LogP contribution in [-0.2, 0) is 17.9 Å². The third-order valence-electron chi connectivity index (χ3n) is 4.11. The highest BCUT2D eigenvalue weighted by Gasteiger charge is 2.18. The van der Waals surface area contributed by atoms with Gasteiger partial charge in [-0.25, -0.2) is 9.78 Å². The number of pyridine rings is 1. The van der Waals surface area contributed by atoms with Gasteiger partial charge < -0.3 is 21.1 Å². The summed E-state index contributed by atoms with van der Waals surface area (Å²) in [5, 5.41) is 7.35. The topological polar surface area (TPSA) is 106 Å². The Morgan fingerprint density at radius 3 is 2.66 bits per heavy atom. The summed E-state index contributed by atoms with van der Waals surface area (Å²) in [5.74, 6) is 0.299. The minimum absolute atomic E-state index is 0.103. The predicted molar refractivity (Wildman–Crippen MR) is 111 cm³/mol. The summed E-state index contributed by atoms with van der Waals surface area (Å²) in [6.45, 7) is 0.752. The number of rotatable bonds is 9. The zero-order chi connectivity index (χ0) is 20.5. The molecule has 3 aromatic rings. The van der Waals surface area contributed by atoms with E-state index in [0.717, 1.165) is 16.0 Å². The maximum absolute atomic E-state index is 12.4. The van der Waals surface area contributed by atoms with Crippen LogP contribution >= 0.6 is 11.3 Å². The van der Waals surface area contributed by atoms with Crippen molar-refractivity contribution in [3.05, 3.63) is 82.2 Å². The second-order valence-electron chi connectivity index (χ2n) is 6.33. The average molecular weight is 410 g/mol. The molecule has 0 aliphatic carbocycles. The zero-order valence-corrected chi connectivity index (χ0v) is 16.5. The first-order valence-electron chi connectivity index (χ1n) is 9.08. The number of carbonyl (C=O) groups excluding carboxylic acids is 2. The van der Waals surface area contributed by atoms with Crippen molar-refractivity contribution in [2.75, 3.05) is 0 Å². The van der Waals surface area contributed by atoms with Gasteiger partial charge in [0.1, 0.15) is 6.61 Å². The number of hydrogen-bond acceptors (Lipinski definition) is 5. The van der Waals surface area contributed by atoms with Crippen molar-refractivity contribution in [1.82, 2.24) is 15.6 Å². The monoisotopic (exact) mass is 410 g/mol. The number of hydrogen-bond donors (Lipinski definition) is 3. The van der Waals surface area contributed by atoms with Crippen molar-refractivity contribution < 1.29 is 14.3 Å². The van der Waals surface area contributed by atoms with Gasteiger partial charge in [-0.2, -0.15) is 0 Å². The molecule has 1 aromatic carbocycles. The highest BCUT2D eigenvalue weighted by molar-refractivity contribution is 7.10. The Morgan fingerprint density at radius 1 is 1.10 bits per heavy atom. The van der Waals surface area contributed by atoms with Crippen LogP contribution in [0.15, 0.2) is 66.2 Å². The largest absolute Gasteiger partial charge is 0.473 e. The molecule has 1 atom stereocenters. The second-order valence-corrected chi connectivity index (χ2v) is 7.31. The van der Waals surface area contributed by atoms with Crippen LogP contribution in [0.1, 0.15) is 28.5 Å². The Labute approximate surface area is 172 Å². The summed E-state index contributed by atoms with van der Waals surface area (Å²) in [6.07, 6.45) is 1.75. The third-order valence-corrected chi connectivity index (χ3v) is 5.10. The maximum Gasteiger partial charge on any atom is 0.312 e. The molecule has 4 N–H and O–H groups in total. The number of urea groups is 1. The van der Waals surface area contributed by atoms with Gasteiger partial charge in [0.05, 0.1) is 12.5 Å². The second kappa shape index (κ2) is 10.2. The summed E-state index contributed by atoms with van der Waals surface area (Å²) in [5.41, 5.74) is 7.15. The van der Waals surface area contributed by atoms with E-state index >= 15 is 0 Å². The highest BCUT2D eigenvalue weighted by atomic mass is 32.1. The molecule has 0 aliphatic heterocycles. The van der Waals surface area contributed by atoms with Crippen LogP contribution in [0.4, 0.5) is 4.79 Å². The number of carbonyl (C=O) groups is 2. The molecule has 3 amide bonds. The first-order valence-corrected chi connectivity index (χ1v) is 9.96. The molecule has 2 heterocycles. The third kappa shape index (κ3) is 6.62. The number of nitrogens with one attached hydrogen (secondary N) is 2. The number of primary amides is 1. The summed E-state index contributed by atoms with van der Waals surface area (Å²) >= 11 is 1.46. The number of aromatic nitrogens is 1. The van der Waals surface area contributed by atoms with Crippen molar-refractivity contribution in [2.45, 2.75) is 25.6 Å². The molecule has 8 heteroatoms. The van der Waals surface area contributed by atoms with Gasteiger partial charge in [0.25, 0.3) is 0 Å². The smallest absolute Gasteiger partial charge is 0.312 e. The van der Waals surface area contributed by atoms with E-state index in [1.54, 1.807) is 12.3 Å². The molecule has 0 radical (unpaired) electrons. The van der Waals surface area contributed by atoms with Gasteiger partial charge in [-0.3, -0.25) is 4.79 Å². The zero-order valence-electron chi connectivity index (χ0n) is 15.7. The number of nitrogens with zero attached hydrogens (tertiary/aromatic N) is 1. The van der Waals surface area contributed by atoms with E-state index in [2.05, 4.69) is 15.6 Å². The fourth-order valence-electron chi connectivity index (χ4n) is 2.71. The van der Waals surface area contributed by atoms with E-state index in [1.165, 1.54) is 11.3 Å². The molecule has 0 saturated heterocycles. The minimum atomic E-state index is -0.662. The van der Waals surface area contributed by atoms with Gasteiger partial charge in [-0.1, -0.05) is 36.4 Å². The maximum atomic E-state index is 12.4. The van der Waals surface area contributed by atoms with E-state index in [9.17, 15) is 9.59 Å². The van der Waals surface area contributed by atoms with Crippen molar-refractivity contribution in [2.24, 2.45) is 5.73 Å². The molecular formula is C21H22N4O3S. The normalized spacial score (nSPS) is 11.4. The van der Waals surface area contributed by atoms with Crippen molar-refractivity contribution in [3.63, 3.8) is 0 Å². The van der Waals surface area contributed by atoms with Gasteiger partial charge in [0.15, 0.2) is 0 Å². The van der Waals surface area contributed by atoms with Crippen molar-refractivity contribution >= 4 is 23.3 Å². The first kappa shape index (κ1) is 20.3. The number of nitrogens with two attached hydrogens (primary N) is 1. The Bertz CT molecular complexity index is 932. The number of benzene rings is 1. The molecule has 0 fully saturated rings. The lowest BCUT2D eigenvalue weighted by molar-refractivity contribution is -0.121. The molecule has 29 heavy (non-hydrogen) atoms. The summed E-state index contributed by atoms with van der Waals surface area (Å²) in [6, 6.07) is 16.0. The molecule has 150 valence electrons. The number of ether oxygens (including phenoxy) is 1. The van der Waals surface area contributed by atoms with Crippen molar-refractivity contribution in [1.29, 1.82) is 0 Å². The van der Waals surface area contributed by atoms with E-state index in [4.69, 9.17) is 10.5 Å². The Hall–Kier alpha value is -3.39. The summed E-state index contributed by atoms with van der Waals surface area (Å²) in [7, 11) is 0. The van der Waals surface area contributed by atoms with Gasteiger partial charge in [-0.05, 0) is 28.6 Å². The van der Waals surface area contributed by atoms with Crippen LogP contribution in [0.2, 0.25) is 0 Å². The Kier molecular flexibility index (Phi) is 7.18. The predicted octanol–water partition coefficient (Wildman–Crippen LogP) is 3.14. The van der Waals surface area contributed by atoms with E-state index in [1.807, 2.05) is 53.9 Å². The van der Waals surface area contributed by atoms with E-state index in [-0.39, 0.29) is 12.3 Å². The molecule has 3 rings (SSSR count). The standard InChI is InChI=1S/C21H22N4O3S/c22-21(27)25-17(18-7-4-10-29-18)12-19(26)24-13-16-8-9-23-20(11-16)28-14-15-5-2-1-3-6-15/h1-11,17H,12-14H2,(H,24,26)(H3,22,25,27). The lowest BCUT2D eigenvalue weighted by Crippen LogP contribution is -2.36. The fraction of sp³-hybridized carbons (Fsp3) is 0.190. The first-order chi connectivity index (χ1) is 14.1. The minimum Gasteiger partial charge on any atom is -0.473 e. The summed E-state index contributed by atoms with van der Waals surface area (Å²) in [4.78, 5) is 28.7. The lowest BCUT2D eigenvalue weighted by Gasteiger charge is -2.16. The Balaban J connectivity index is 1.52. The molecule has 0 saturated carbocycles. The average Bonchev–Trinajstić information content (AvgIpc) is 3.26. The van der Waals surface area contributed by atoms with Crippen LogP contribution in [0.3, 0.4) is 0 Å². The molecule has 0 spiro atoms. The molecule has 2 aromatic heterocycles. The van der Waals surface area contributed by atoms with Gasteiger partial charge in [-0.15, -0.1) is 11.3 Å². The van der Waals surface area contributed by atoms with Crippen LogP contribution in [-0.4, -0.2) is 16.9 Å². The fourth-order valence-corrected chi connectivity index (χ4v) is 3.49. The number of amides is 3. The SMILES string of the molecule is NC(=O)NC(CC(=O)NCc1ccnc(OCc2ccccc2)c1)c1cccs1. The van der Waals surface area contributed by atoms with Crippen LogP contribution in [0.5, 0.6) is 5.88 Å². The van der Waals surface area contributed by atoms with E-state index < -0.39 is 12.1 Å². The summed E-state index contributed by atoms with van der Waals surface area (Å²) < 4.78 is 5.71. The molecule has 0 aliphatic rings. The van der Waals surface area contributed by atoms with Gasteiger partial charge in [0.2, 0.25) is 11.8 Å².